The lowest BCUT2D eigenvalue weighted by Gasteiger charge is -2.29. The second-order valence-electron chi connectivity index (χ2n) is 5.46. The van der Waals surface area contributed by atoms with E-state index < -0.39 is 0 Å². The third kappa shape index (κ3) is 4.94. The molecule has 1 aromatic carbocycles. The molecular formula is C16H23ClN4O3. The van der Waals surface area contributed by atoms with Crippen LogP contribution in [0.2, 0.25) is 0 Å². The van der Waals surface area contributed by atoms with Crippen LogP contribution in [0.4, 0.5) is 11.4 Å². The van der Waals surface area contributed by atoms with Gasteiger partial charge in [0.25, 0.3) is 0 Å². The van der Waals surface area contributed by atoms with Crippen molar-refractivity contribution in [3.63, 3.8) is 0 Å². The van der Waals surface area contributed by atoms with Gasteiger partial charge in [-0.15, -0.1) is 12.4 Å². The number of fused-ring (bicyclic) bond motifs is 1. The van der Waals surface area contributed by atoms with Gasteiger partial charge >= 0.3 is 0 Å². The van der Waals surface area contributed by atoms with Crippen molar-refractivity contribution in [2.75, 3.05) is 43.9 Å². The molecule has 0 bridgehead atoms. The molecule has 24 heavy (non-hydrogen) atoms. The van der Waals surface area contributed by atoms with Gasteiger partial charge in [0.2, 0.25) is 17.7 Å². The topological polar surface area (TPSA) is 81.8 Å². The van der Waals surface area contributed by atoms with Gasteiger partial charge in [-0.2, -0.15) is 0 Å². The number of halogens is 1. The van der Waals surface area contributed by atoms with Crippen LogP contribution in [0, 0.1) is 0 Å². The van der Waals surface area contributed by atoms with Crippen LogP contribution in [-0.2, 0) is 14.4 Å². The lowest BCUT2D eigenvalue weighted by molar-refractivity contribution is -0.132. The van der Waals surface area contributed by atoms with Crippen LogP contribution in [0.3, 0.4) is 0 Å². The number of benzene rings is 1. The van der Waals surface area contributed by atoms with Crippen molar-refractivity contribution in [3.05, 3.63) is 24.3 Å². The van der Waals surface area contributed by atoms with Gasteiger partial charge in [-0.3, -0.25) is 14.4 Å². The van der Waals surface area contributed by atoms with Crippen molar-refractivity contribution < 1.29 is 14.4 Å². The minimum atomic E-state index is -0.227. The Balaban J connectivity index is 0.00000288. The van der Waals surface area contributed by atoms with Gasteiger partial charge in [0.1, 0.15) is 6.54 Å². The summed E-state index contributed by atoms with van der Waals surface area (Å²) in [7, 11) is 3.54. The second-order valence-corrected chi connectivity index (χ2v) is 5.46. The van der Waals surface area contributed by atoms with Crippen LogP contribution < -0.4 is 15.5 Å². The van der Waals surface area contributed by atoms with Crippen molar-refractivity contribution >= 4 is 41.5 Å². The maximum Gasteiger partial charge on any atom is 0.244 e. The van der Waals surface area contributed by atoms with E-state index in [2.05, 4.69) is 10.6 Å². The van der Waals surface area contributed by atoms with Gasteiger partial charge in [0, 0.05) is 33.0 Å². The highest BCUT2D eigenvalue weighted by Gasteiger charge is 2.26. The molecule has 1 heterocycles. The lowest BCUT2D eigenvalue weighted by Crippen LogP contribution is -2.42. The fraction of sp³-hybridized carbons (Fsp3) is 0.438. The quantitative estimate of drug-likeness (QED) is 0.793. The third-order valence-corrected chi connectivity index (χ3v) is 3.75. The summed E-state index contributed by atoms with van der Waals surface area (Å²) < 4.78 is 0. The fourth-order valence-corrected chi connectivity index (χ4v) is 2.40. The van der Waals surface area contributed by atoms with E-state index in [1.165, 1.54) is 4.90 Å². The Morgan fingerprint density at radius 1 is 1.29 bits per heavy atom. The monoisotopic (exact) mass is 354 g/mol. The molecule has 7 nitrogen and oxygen atoms in total. The van der Waals surface area contributed by atoms with Crippen LogP contribution in [-0.4, -0.2) is 56.4 Å². The van der Waals surface area contributed by atoms with Gasteiger partial charge < -0.3 is 20.4 Å². The summed E-state index contributed by atoms with van der Waals surface area (Å²) in [5, 5.41) is 5.71. The summed E-state index contributed by atoms with van der Waals surface area (Å²) >= 11 is 0. The molecule has 0 fully saturated rings. The van der Waals surface area contributed by atoms with E-state index >= 15 is 0 Å². The van der Waals surface area contributed by atoms with Crippen molar-refractivity contribution in [2.24, 2.45) is 0 Å². The minimum Gasteiger partial charge on any atom is -0.344 e. The maximum absolute atomic E-state index is 12.4. The van der Waals surface area contributed by atoms with Gasteiger partial charge in [-0.05, 0) is 19.2 Å². The van der Waals surface area contributed by atoms with Crippen molar-refractivity contribution in [1.82, 2.24) is 10.2 Å². The normalized spacial score (nSPS) is 12.8. The van der Waals surface area contributed by atoms with E-state index in [1.54, 1.807) is 30.1 Å². The molecule has 0 saturated carbocycles. The molecule has 1 aliphatic heterocycles. The number of hydrogen-bond acceptors (Lipinski definition) is 4. The molecule has 0 unspecified atom stereocenters. The van der Waals surface area contributed by atoms with E-state index in [0.29, 0.717) is 24.5 Å². The molecule has 0 spiro atoms. The summed E-state index contributed by atoms with van der Waals surface area (Å²) in [6, 6.07) is 7.15. The van der Waals surface area contributed by atoms with E-state index in [4.69, 9.17) is 0 Å². The summed E-state index contributed by atoms with van der Waals surface area (Å²) in [6.45, 7) is 1.29. The molecule has 2 N–H and O–H groups in total. The van der Waals surface area contributed by atoms with Crippen molar-refractivity contribution in [1.29, 1.82) is 0 Å². The summed E-state index contributed by atoms with van der Waals surface area (Å²) in [5.74, 6) is -0.527. The number of rotatable bonds is 6. The first kappa shape index (κ1) is 19.9. The lowest BCUT2D eigenvalue weighted by atomic mass is 10.1. The Kier molecular flexibility index (Phi) is 7.67. The number of carbonyl (C=O) groups excluding carboxylic acids is 3. The third-order valence-electron chi connectivity index (χ3n) is 3.75. The van der Waals surface area contributed by atoms with Gasteiger partial charge in [-0.1, -0.05) is 12.1 Å². The maximum atomic E-state index is 12.4. The Bertz CT molecular complexity index is 609. The van der Waals surface area contributed by atoms with E-state index in [0.717, 1.165) is 0 Å². The van der Waals surface area contributed by atoms with Gasteiger partial charge in [-0.25, -0.2) is 0 Å². The molecule has 0 aliphatic carbocycles. The zero-order valence-electron chi connectivity index (χ0n) is 13.9. The van der Waals surface area contributed by atoms with Crippen LogP contribution in [0.5, 0.6) is 0 Å². The fourth-order valence-electron chi connectivity index (χ4n) is 2.40. The molecule has 0 aromatic heterocycles. The molecule has 0 radical (unpaired) electrons. The minimum absolute atomic E-state index is 0. The zero-order chi connectivity index (χ0) is 16.8. The molecule has 8 heteroatoms. The van der Waals surface area contributed by atoms with Crippen molar-refractivity contribution in [2.45, 2.75) is 12.8 Å². The van der Waals surface area contributed by atoms with Crippen LogP contribution in [0.1, 0.15) is 12.8 Å². The van der Waals surface area contributed by atoms with Crippen molar-refractivity contribution in [3.8, 4) is 0 Å². The van der Waals surface area contributed by atoms with E-state index in [9.17, 15) is 14.4 Å². The smallest absolute Gasteiger partial charge is 0.244 e. The predicted octanol–water partition coefficient (Wildman–Crippen LogP) is 0.852. The van der Waals surface area contributed by atoms with E-state index in [-0.39, 0.29) is 49.5 Å². The molecule has 3 amide bonds. The number of carbonyl (C=O) groups is 3. The Labute approximate surface area is 147 Å². The van der Waals surface area contributed by atoms with Crippen LogP contribution in [0.25, 0.3) is 0 Å². The average molecular weight is 355 g/mol. The number of para-hydroxylation sites is 2. The number of amides is 3. The first-order valence-corrected chi connectivity index (χ1v) is 7.60. The van der Waals surface area contributed by atoms with E-state index in [1.807, 2.05) is 13.1 Å². The number of likely N-dealkylation sites (N-methyl/N-ethyl adjacent to an activating group) is 2. The number of hydrogen-bond donors (Lipinski definition) is 2. The predicted molar refractivity (Wildman–Crippen MR) is 95.5 cm³/mol. The summed E-state index contributed by atoms with van der Waals surface area (Å²) in [5.41, 5.74) is 1.29. The molecule has 0 saturated heterocycles. The highest BCUT2D eigenvalue weighted by atomic mass is 35.5. The molecule has 1 aromatic rings. The number of nitrogens with one attached hydrogen (secondary N) is 2. The molecular weight excluding hydrogens is 332 g/mol. The summed E-state index contributed by atoms with van der Waals surface area (Å²) in [4.78, 5) is 39.2. The van der Waals surface area contributed by atoms with Gasteiger partial charge in [0.05, 0.1) is 11.4 Å². The first-order chi connectivity index (χ1) is 11.0. The van der Waals surface area contributed by atoms with Crippen LogP contribution in [0.15, 0.2) is 24.3 Å². The molecule has 132 valence electrons. The molecule has 0 atom stereocenters. The highest BCUT2D eigenvalue weighted by Crippen LogP contribution is 2.29. The molecule has 2 rings (SSSR count). The zero-order valence-corrected chi connectivity index (χ0v) is 14.7. The SMILES string of the molecule is CNCCN(C)C(=O)CCC(=O)N1CC(=O)Nc2ccccc21.Cl. The summed E-state index contributed by atoms with van der Waals surface area (Å²) in [6.07, 6.45) is 0.226. The molecule has 1 aliphatic rings. The van der Waals surface area contributed by atoms with Crippen LogP contribution >= 0.6 is 12.4 Å². The largest absolute Gasteiger partial charge is 0.344 e. The van der Waals surface area contributed by atoms with Gasteiger partial charge in [0.15, 0.2) is 0 Å². The first-order valence-electron chi connectivity index (χ1n) is 7.60. The second kappa shape index (κ2) is 9.24. The Morgan fingerprint density at radius 3 is 2.71 bits per heavy atom. The highest BCUT2D eigenvalue weighted by molar-refractivity contribution is 6.10. The number of anilines is 2. The average Bonchev–Trinajstić information content (AvgIpc) is 2.56. The Morgan fingerprint density at radius 2 is 2.00 bits per heavy atom. The Hall–Kier alpha value is -2.12. The number of nitrogens with zero attached hydrogens (tertiary/aromatic N) is 2. The standard InChI is InChI=1S/C16H22N4O3.ClH/c1-17-9-10-19(2)15(22)7-8-16(23)20-11-14(21)18-12-5-3-4-6-13(12)20;/h3-6,17H,7-11H2,1-2H3,(H,18,21);1H.